The first kappa shape index (κ1) is 23.3. The standard InChI is InChI=1S/C26H35NO3SSi/c1-20-12-14-22(15-13-20)31(28,29)27-17-16-26(21-10-8-7-9-11-21)23(18-27)24(26)19-30-32(5,6)25(2,3)4/h7-17,23-24H,18-19H2,1-6H3. The quantitative estimate of drug-likeness (QED) is 0.509. The Kier molecular flexibility index (Phi) is 5.71. The number of rotatable bonds is 6. The van der Waals surface area contributed by atoms with Crippen molar-refractivity contribution < 1.29 is 12.8 Å². The minimum atomic E-state index is -3.57. The lowest BCUT2D eigenvalue weighted by molar-refractivity contribution is 0.260. The molecule has 1 saturated carbocycles. The zero-order valence-electron chi connectivity index (χ0n) is 20.0. The Morgan fingerprint density at radius 1 is 1.06 bits per heavy atom. The van der Waals surface area contributed by atoms with Gasteiger partial charge in [-0.1, -0.05) is 74.9 Å². The van der Waals surface area contributed by atoms with E-state index in [1.807, 2.05) is 25.1 Å². The largest absolute Gasteiger partial charge is 0.416 e. The number of sulfonamides is 1. The average Bonchev–Trinajstić information content (AvgIpc) is 3.40. The Balaban J connectivity index is 1.62. The second-order valence-electron chi connectivity index (χ2n) is 10.8. The van der Waals surface area contributed by atoms with Gasteiger partial charge in [-0.3, -0.25) is 4.31 Å². The summed E-state index contributed by atoms with van der Waals surface area (Å²) < 4.78 is 34.8. The van der Waals surface area contributed by atoms with Crippen molar-refractivity contribution in [1.29, 1.82) is 0 Å². The van der Waals surface area contributed by atoms with Crippen molar-refractivity contribution in [1.82, 2.24) is 4.31 Å². The van der Waals surface area contributed by atoms with Crippen LogP contribution in [0.1, 0.15) is 31.9 Å². The minimum Gasteiger partial charge on any atom is -0.416 e. The van der Waals surface area contributed by atoms with Crippen molar-refractivity contribution in [3.63, 3.8) is 0 Å². The summed E-state index contributed by atoms with van der Waals surface area (Å²) in [6.45, 7) is 14.4. The highest BCUT2D eigenvalue weighted by Crippen LogP contribution is 2.63. The van der Waals surface area contributed by atoms with Crippen molar-refractivity contribution in [2.75, 3.05) is 13.2 Å². The molecule has 3 atom stereocenters. The summed E-state index contributed by atoms with van der Waals surface area (Å²) >= 11 is 0. The normalized spacial score (nSPS) is 25.5. The van der Waals surface area contributed by atoms with Gasteiger partial charge in [-0.25, -0.2) is 8.42 Å². The van der Waals surface area contributed by atoms with Gasteiger partial charge in [0, 0.05) is 30.7 Å². The predicted molar refractivity (Wildman–Crippen MR) is 132 cm³/mol. The van der Waals surface area contributed by atoms with Crippen LogP contribution >= 0.6 is 0 Å². The van der Waals surface area contributed by atoms with Crippen molar-refractivity contribution in [2.45, 2.75) is 56.1 Å². The van der Waals surface area contributed by atoms with E-state index in [0.717, 1.165) is 5.56 Å². The molecule has 0 radical (unpaired) electrons. The van der Waals surface area contributed by atoms with E-state index in [1.54, 1.807) is 18.3 Å². The summed E-state index contributed by atoms with van der Waals surface area (Å²) in [6.07, 6.45) is 3.90. The number of aryl methyl sites for hydroxylation is 1. The second kappa shape index (κ2) is 7.85. The van der Waals surface area contributed by atoms with E-state index < -0.39 is 18.3 Å². The van der Waals surface area contributed by atoms with Crippen LogP contribution in [0.4, 0.5) is 0 Å². The average molecular weight is 470 g/mol. The van der Waals surface area contributed by atoms with E-state index in [9.17, 15) is 8.42 Å². The van der Waals surface area contributed by atoms with Crippen LogP contribution in [0, 0.1) is 18.8 Å². The Morgan fingerprint density at radius 3 is 2.28 bits per heavy atom. The molecule has 0 spiro atoms. The maximum absolute atomic E-state index is 13.3. The van der Waals surface area contributed by atoms with Crippen LogP contribution in [-0.2, 0) is 19.9 Å². The predicted octanol–water partition coefficient (Wildman–Crippen LogP) is 5.72. The van der Waals surface area contributed by atoms with Gasteiger partial charge < -0.3 is 4.43 Å². The molecule has 4 rings (SSSR count). The Hall–Kier alpha value is -1.89. The molecule has 1 aliphatic heterocycles. The Labute approximate surface area is 194 Å². The van der Waals surface area contributed by atoms with Crippen LogP contribution < -0.4 is 0 Å². The molecule has 1 fully saturated rings. The van der Waals surface area contributed by atoms with Crippen LogP contribution in [0.15, 0.2) is 71.8 Å². The first-order valence-corrected chi connectivity index (χ1v) is 15.7. The highest BCUT2D eigenvalue weighted by atomic mass is 32.2. The molecule has 2 aromatic carbocycles. The van der Waals surface area contributed by atoms with Crippen LogP contribution in [0.3, 0.4) is 0 Å². The smallest absolute Gasteiger partial charge is 0.263 e. The monoisotopic (exact) mass is 469 g/mol. The molecule has 2 aromatic rings. The zero-order valence-corrected chi connectivity index (χ0v) is 21.8. The van der Waals surface area contributed by atoms with Crippen LogP contribution in [0.5, 0.6) is 0 Å². The number of fused-ring (bicyclic) bond motifs is 1. The maximum Gasteiger partial charge on any atom is 0.263 e. The summed E-state index contributed by atoms with van der Waals surface area (Å²) in [4.78, 5) is 0.342. The SMILES string of the molecule is Cc1ccc(S(=O)(=O)N2C=CC3(c4ccccc4)C(CO[Si](C)(C)C(C)(C)C)C3C2)cc1. The van der Waals surface area contributed by atoms with Gasteiger partial charge in [0.2, 0.25) is 0 Å². The fourth-order valence-corrected chi connectivity index (χ4v) is 6.95. The molecule has 1 heterocycles. The molecule has 3 unspecified atom stereocenters. The van der Waals surface area contributed by atoms with Gasteiger partial charge in [-0.05, 0) is 48.7 Å². The van der Waals surface area contributed by atoms with Crippen LogP contribution in [-0.4, -0.2) is 34.2 Å². The number of hydrogen-bond acceptors (Lipinski definition) is 3. The zero-order chi connectivity index (χ0) is 23.4. The molecular formula is C26H35NO3SSi. The van der Waals surface area contributed by atoms with Gasteiger partial charge in [0.1, 0.15) is 0 Å². The van der Waals surface area contributed by atoms with E-state index in [1.165, 1.54) is 9.87 Å². The molecule has 32 heavy (non-hydrogen) atoms. The van der Waals surface area contributed by atoms with Gasteiger partial charge in [0.05, 0.1) is 4.90 Å². The van der Waals surface area contributed by atoms with Crippen molar-refractivity contribution in [3.8, 4) is 0 Å². The lowest BCUT2D eigenvalue weighted by atomic mass is 9.90. The number of allylic oxidation sites excluding steroid dienone is 1. The van der Waals surface area contributed by atoms with Gasteiger partial charge >= 0.3 is 0 Å². The Morgan fingerprint density at radius 2 is 1.69 bits per heavy atom. The van der Waals surface area contributed by atoms with Gasteiger partial charge in [-0.2, -0.15) is 0 Å². The van der Waals surface area contributed by atoms with Crippen molar-refractivity contribution in [2.24, 2.45) is 11.8 Å². The molecule has 6 heteroatoms. The van der Waals surface area contributed by atoms with Crippen LogP contribution in [0.25, 0.3) is 0 Å². The minimum absolute atomic E-state index is 0.142. The molecule has 1 aliphatic carbocycles. The highest BCUT2D eigenvalue weighted by molar-refractivity contribution is 7.89. The van der Waals surface area contributed by atoms with Crippen molar-refractivity contribution >= 4 is 18.3 Å². The molecule has 0 bridgehead atoms. The molecule has 0 saturated heterocycles. The fraction of sp³-hybridized carbons (Fsp3) is 0.462. The maximum atomic E-state index is 13.3. The third-order valence-electron chi connectivity index (χ3n) is 7.83. The number of benzene rings is 2. The highest BCUT2D eigenvalue weighted by Gasteiger charge is 2.66. The summed E-state index contributed by atoms with van der Waals surface area (Å²) in [7, 11) is -5.46. The van der Waals surface area contributed by atoms with Crippen LogP contribution in [0.2, 0.25) is 18.1 Å². The number of hydrogen-bond donors (Lipinski definition) is 0. The third-order valence-corrected chi connectivity index (χ3v) is 14.1. The summed E-state index contributed by atoms with van der Waals surface area (Å²) in [6, 6.07) is 17.6. The molecule has 0 amide bonds. The van der Waals surface area contributed by atoms with E-state index in [-0.39, 0.29) is 22.3 Å². The Bertz CT molecular complexity index is 1100. The second-order valence-corrected chi connectivity index (χ2v) is 17.5. The molecular weight excluding hydrogens is 434 g/mol. The first-order valence-electron chi connectivity index (χ1n) is 11.4. The molecule has 4 nitrogen and oxygen atoms in total. The third kappa shape index (κ3) is 3.86. The molecule has 2 aliphatic rings. The first-order chi connectivity index (χ1) is 14.9. The van der Waals surface area contributed by atoms with E-state index in [0.29, 0.717) is 18.0 Å². The summed E-state index contributed by atoms with van der Waals surface area (Å²) in [5, 5.41) is 0.142. The summed E-state index contributed by atoms with van der Waals surface area (Å²) in [5.41, 5.74) is 2.15. The van der Waals surface area contributed by atoms with E-state index in [2.05, 4.69) is 64.2 Å². The molecule has 0 aromatic heterocycles. The summed E-state index contributed by atoms with van der Waals surface area (Å²) in [5.74, 6) is 0.480. The molecule has 172 valence electrons. The lowest BCUT2D eigenvalue weighted by Crippen LogP contribution is -2.41. The van der Waals surface area contributed by atoms with Gasteiger partial charge in [0.15, 0.2) is 8.32 Å². The molecule has 0 N–H and O–H groups in total. The van der Waals surface area contributed by atoms with Gasteiger partial charge in [-0.15, -0.1) is 0 Å². The van der Waals surface area contributed by atoms with E-state index >= 15 is 0 Å². The van der Waals surface area contributed by atoms with Gasteiger partial charge in [0.25, 0.3) is 10.0 Å². The number of nitrogens with zero attached hydrogens (tertiary/aromatic N) is 1. The lowest BCUT2D eigenvalue weighted by Gasteiger charge is -2.36. The van der Waals surface area contributed by atoms with E-state index in [4.69, 9.17) is 4.43 Å². The topological polar surface area (TPSA) is 46.6 Å². The van der Waals surface area contributed by atoms with Crippen molar-refractivity contribution in [3.05, 3.63) is 78.0 Å². The fourth-order valence-electron chi connectivity index (χ4n) is 4.59.